The van der Waals surface area contributed by atoms with Crippen LogP contribution in [0, 0.1) is 6.92 Å². The summed E-state index contributed by atoms with van der Waals surface area (Å²) in [5.41, 5.74) is 25.7. The normalized spacial score (nSPS) is 12.5. The maximum atomic E-state index is 13.5. The van der Waals surface area contributed by atoms with Gasteiger partial charge in [0, 0.05) is 23.9 Å². The van der Waals surface area contributed by atoms with Crippen molar-refractivity contribution in [3.05, 3.63) is 53.7 Å². The first-order valence-electron chi connectivity index (χ1n) is 21.6. The molecule has 17 heteroatoms. The summed E-state index contributed by atoms with van der Waals surface area (Å²) in [7, 11) is 0. The molecule has 0 aliphatic rings. The highest BCUT2D eigenvalue weighted by atomic mass is 16.2. The fraction of sp³-hybridized carbons (Fsp3) is 0.605. The Kier molecular flexibility index (Phi) is 26.4. The minimum absolute atomic E-state index is 0.0374. The molecule has 0 aliphatic carbocycles. The van der Waals surface area contributed by atoms with Crippen molar-refractivity contribution in [2.75, 3.05) is 45.8 Å². The Hall–Kier alpha value is -4.97. The average Bonchev–Trinajstić information content (AvgIpc) is 3.24. The Bertz CT molecular complexity index is 1600. The number of carbonyl (C=O) groups excluding carboxylic acids is 6. The lowest BCUT2D eigenvalue weighted by Gasteiger charge is -2.25. The molecule has 0 saturated heterocycles. The van der Waals surface area contributed by atoms with Crippen LogP contribution < -0.4 is 54.8 Å². The molecular weight excluding hydrogens is 767 g/mol. The number of pyridine rings is 1. The monoisotopic (exact) mass is 838 g/mol. The summed E-state index contributed by atoms with van der Waals surface area (Å²) in [6, 6.07) is 8.62. The average molecular weight is 838 g/mol. The molecule has 0 saturated carbocycles. The van der Waals surface area contributed by atoms with Crippen LogP contribution in [0.2, 0.25) is 0 Å². The van der Waals surface area contributed by atoms with Crippen molar-refractivity contribution in [1.29, 1.82) is 0 Å². The Balaban J connectivity index is 1.69. The Morgan fingerprint density at radius 1 is 0.600 bits per heavy atom. The summed E-state index contributed by atoms with van der Waals surface area (Å²) in [4.78, 5) is 81.3. The van der Waals surface area contributed by atoms with Gasteiger partial charge in [0.2, 0.25) is 29.5 Å². The molecule has 0 spiro atoms. The van der Waals surface area contributed by atoms with E-state index in [1.54, 1.807) is 6.20 Å². The van der Waals surface area contributed by atoms with Crippen LogP contribution in [0.4, 0.5) is 0 Å². The third-order valence-corrected chi connectivity index (χ3v) is 10.0. The number of unbranched alkanes of at least 4 members (excludes halogenated alkanes) is 8. The largest absolute Gasteiger partial charge is 0.368 e. The van der Waals surface area contributed by atoms with E-state index in [0.29, 0.717) is 83.2 Å². The number of nitrogens with two attached hydrogens (primary N) is 4. The summed E-state index contributed by atoms with van der Waals surface area (Å²) in [5.74, 6) is -2.81. The van der Waals surface area contributed by atoms with Gasteiger partial charge in [0.1, 0.15) is 18.1 Å². The van der Waals surface area contributed by atoms with Gasteiger partial charge < -0.3 is 54.8 Å². The van der Waals surface area contributed by atoms with Gasteiger partial charge in [0.05, 0.1) is 18.8 Å². The van der Waals surface area contributed by atoms with Gasteiger partial charge in [-0.2, -0.15) is 0 Å². The molecule has 3 atom stereocenters. The minimum atomic E-state index is -0.989. The summed E-state index contributed by atoms with van der Waals surface area (Å²) < 4.78 is 0. The molecule has 0 bridgehead atoms. The zero-order chi connectivity index (χ0) is 44.0. The molecule has 334 valence electrons. The predicted octanol–water partition coefficient (Wildman–Crippen LogP) is 1.16. The quantitative estimate of drug-likeness (QED) is 0.0455. The molecule has 17 nitrogen and oxygen atoms in total. The van der Waals surface area contributed by atoms with E-state index in [0.717, 1.165) is 55.3 Å². The van der Waals surface area contributed by atoms with Gasteiger partial charge in [0.15, 0.2) is 0 Å². The molecule has 1 heterocycles. The fourth-order valence-corrected chi connectivity index (χ4v) is 6.47. The molecule has 14 N–H and O–H groups in total. The van der Waals surface area contributed by atoms with Crippen molar-refractivity contribution < 1.29 is 28.8 Å². The zero-order valence-electron chi connectivity index (χ0n) is 35.5. The van der Waals surface area contributed by atoms with Crippen LogP contribution in [-0.2, 0) is 24.0 Å². The highest BCUT2D eigenvalue weighted by molar-refractivity contribution is 5.97. The molecule has 2 aromatic rings. The maximum absolute atomic E-state index is 13.5. The van der Waals surface area contributed by atoms with E-state index in [1.165, 1.54) is 0 Å². The van der Waals surface area contributed by atoms with E-state index in [-0.39, 0.29) is 37.7 Å². The van der Waals surface area contributed by atoms with Gasteiger partial charge in [-0.15, -0.1) is 0 Å². The first-order valence-corrected chi connectivity index (χ1v) is 21.6. The topological polar surface area (TPSA) is 292 Å². The molecule has 1 aromatic heterocycles. The molecule has 2 rings (SSSR count). The zero-order valence-corrected chi connectivity index (χ0v) is 35.5. The summed E-state index contributed by atoms with van der Waals surface area (Å²) in [5, 5.41) is 16.8. The van der Waals surface area contributed by atoms with E-state index in [9.17, 15) is 28.8 Å². The van der Waals surface area contributed by atoms with Crippen molar-refractivity contribution in [3.8, 4) is 11.3 Å². The molecule has 0 aliphatic heterocycles. The van der Waals surface area contributed by atoms with Gasteiger partial charge in [0.25, 0.3) is 5.91 Å². The molecule has 0 fully saturated rings. The highest BCUT2D eigenvalue weighted by Crippen LogP contribution is 2.20. The lowest BCUT2D eigenvalue weighted by molar-refractivity contribution is -0.133. The Morgan fingerprint density at radius 3 is 1.75 bits per heavy atom. The van der Waals surface area contributed by atoms with E-state index >= 15 is 0 Å². The lowest BCUT2D eigenvalue weighted by Crippen LogP contribution is -2.57. The van der Waals surface area contributed by atoms with Crippen LogP contribution in [0.3, 0.4) is 0 Å². The van der Waals surface area contributed by atoms with Gasteiger partial charge >= 0.3 is 0 Å². The van der Waals surface area contributed by atoms with E-state index in [1.807, 2.05) is 43.3 Å². The van der Waals surface area contributed by atoms with Crippen LogP contribution in [-0.4, -0.2) is 104 Å². The van der Waals surface area contributed by atoms with Crippen molar-refractivity contribution in [2.45, 2.75) is 121 Å². The van der Waals surface area contributed by atoms with Crippen molar-refractivity contribution in [1.82, 2.24) is 36.9 Å². The Labute approximate surface area is 355 Å². The van der Waals surface area contributed by atoms with Crippen molar-refractivity contribution in [2.24, 2.45) is 22.9 Å². The predicted molar refractivity (Wildman–Crippen MR) is 234 cm³/mol. The second-order valence-electron chi connectivity index (χ2n) is 15.1. The van der Waals surface area contributed by atoms with Gasteiger partial charge in [-0.05, 0) is 127 Å². The molecule has 60 heavy (non-hydrogen) atoms. The number of hydrogen-bond acceptors (Lipinski definition) is 11. The standard InChI is InChI=1S/C43H71N11O6/c1-31-20-21-32(34-16-9-15-26-49-34)28-33(31)41(58)50-27-14-5-3-2-4-13-25-48-29-38(55)51-30-39(56)52-36(18-7-11-23-45)42(59)54-37(19-8-12-24-46)43(60)53-35(40(47)57)17-6-10-22-44/h9,15-16,20-21,26,28,35-37,48H,2-8,10-14,17-19,22-25,27,29-30,44-46H2,1H3,(H2,47,57)(H,50,58)(H,51,55)(H,52,56)(H,53,60)(H,54,59)/t35-,36-,37-/m0/s1. The van der Waals surface area contributed by atoms with E-state index < -0.39 is 41.8 Å². The van der Waals surface area contributed by atoms with Crippen LogP contribution in [0.25, 0.3) is 11.3 Å². The van der Waals surface area contributed by atoms with Gasteiger partial charge in [-0.3, -0.25) is 33.8 Å². The van der Waals surface area contributed by atoms with E-state index in [4.69, 9.17) is 22.9 Å². The number of aryl methyl sites for hydroxylation is 1. The van der Waals surface area contributed by atoms with Gasteiger partial charge in [-0.25, -0.2) is 0 Å². The number of amides is 6. The SMILES string of the molecule is Cc1ccc(-c2ccccn2)cc1C(=O)NCCCCCCCCNCC(=O)NCC(=O)N[C@@H](CCCCN)C(=O)N[C@@H](CCCCN)C(=O)N[C@@H](CCCCN)C(N)=O. The smallest absolute Gasteiger partial charge is 0.251 e. The number of nitrogens with zero attached hydrogens (tertiary/aromatic N) is 1. The maximum Gasteiger partial charge on any atom is 0.251 e. The second kappa shape index (κ2) is 31.0. The molecular formula is C43H71N11O6. The fourth-order valence-electron chi connectivity index (χ4n) is 6.47. The number of aromatic nitrogens is 1. The first-order chi connectivity index (χ1) is 29.0. The van der Waals surface area contributed by atoms with Crippen molar-refractivity contribution in [3.63, 3.8) is 0 Å². The summed E-state index contributed by atoms with van der Waals surface area (Å²) in [6.07, 6.45) is 12.0. The third-order valence-electron chi connectivity index (χ3n) is 10.0. The van der Waals surface area contributed by atoms with Crippen LogP contribution in [0.5, 0.6) is 0 Å². The van der Waals surface area contributed by atoms with Gasteiger partial charge in [-0.1, -0.05) is 43.9 Å². The van der Waals surface area contributed by atoms with Crippen LogP contribution >= 0.6 is 0 Å². The van der Waals surface area contributed by atoms with E-state index in [2.05, 4.69) is 36.9 Å². The molecule has 0 unspecified atom stereocenters. The highest BCUT2D eigenvalue weighted by Gasteiger charge is 2.29. The molecule has 1 aromatic carbocycles. The number of rotatable bonds is 33. The number of benzene rings is 1. The first kappa shape index (κ1) is 51.2. The number of nitrogens with one attached hydrogen (secondary N) is 6. The van der Waals surface area contributed by atoms with Crippen LogP contribution in [0.15, 0.2) is 42.6 Å². The third kappa shape index (κ3) is 21.3. The second-order valence-corrected chi connectivity index (χ2v) is 15.1. The minimum Gasteiger partial charge on any atom is -0.368 e. The number of hydrogen-bond donors (Lipinski definition) is 10. The summed E-state index contributed by atoms with van der Waals surface area (Å²) in [6.45, 7) is 4.13. The Morgan fingerprint density at radius 2 is 1.17 bits per heavy atom. The number of primary amides is 1. The molecule has 0 radical (unpaired) electrons. The molecule has 6 amide bonds. The summed E-state index contributed by atoms with van der Waals surface area (Å²) >= 11 is 0. The van der Waals surface area contributed by atoms with Crippen molar-refractivity contribution >= 4 is 35.4 Å². The lowest BCUT2D eigenvalue weighted by atomic mass is 10.0. The number of carbonyl (C=O) groups is 6. The van der Waals surface area contributed by atoms with Crippen LogP contribution in [0.1, 0.15) is 112 Å².